The normalized spacial score (nSPS) is 12.0. The van der Waals surface area contributed by atoms with Gasteiger partial charge in [0.25, 0.3) is 0 Å². The van der Waals surface area contributed by atoms with E-state index in [0.717, 1.165) is 22.6 Å². The molecule has 0 spiro atoms. The zero-order valence-electron chi connectivity index (χ0n) is 14.5. The molecule has 0 aliphatic carbocycles. The minimum absolute atomic E-state index is 0.207. The molecule has 1 N–H and O–H groups in total. The molecular formula is C17H20Cl2N2O3RuS. The van der Waals surface area contributed by atoms with Crippen molar-refractivity contribution < 1.29 is 26.7 Å². The summed E-state index contributed by atoms with van der Waals surface area (Å²) < 4.78 is 33.0. The van der Waals surface area contributed by atoms with E-state index < -0.39 is 23.5 Å². The van der Waals surface area contributed by atoms with Crippen LogP contribution < -0.4 is 10.1 Å². The van der Waals surface area contributed by atoms with Crippen LogP contribution in [0.15, 0.2) is 47.4 Å². The molecule has 0 unspecified atom stereocenters. The van der Waals surface area contributed by atoms with Crippen molar-refractivity contribution in [3.8, 4) is 5.75 Å². The number of nitrogens with one attached hydrogen (secondary N) is 1. The van der Waals surface area contributed by atoms with Crippen molar-refractivity contribution in [2.45, 2.75) is 11.4 Å². The average Bonchev–Trinajstić information content (AvgIpc) is 2.60. The molecule has 0 aliphatic rings. The molecule has 2 rings (SSSR count). The van der Waals surface area contributed by atoms with Crippen LogP contribution in [-0.4, -0.2) is 38.5 Å². The Morgan fingerprint density at radius 1 is 1.19 bits per heavy atom. The van der Waals surface area contributed by atoms with Gasteiger partial charge in [0.2, 0.25) is 0 Å². The number of rotatable bonds is 7. The van der Waals surface area contributed by atoms with E-state index in [1.54, 1.807) is 29.9 Å². The van der Waals surface area contributed by atoms with E-state index in [1.165, 1.54) is 18.4 Å². The van der Waals surface area contributed by atoms with Gasteiger partial charge in [-0.2, -0.15) is 0 Å². The number of anilines is 1. The zero-order chi connectivity index (χ0) is 19.3. The fourth-order valence-electron chi connectivity index (χ4n) is 2.26. The molecule has 0 fully saturated rings. The Kier molecular flexibility index (Phi) is 7.62. The summed E-state index contributed by atoms with van der Waals surface area (Å²) in [5.41, 5.74) is 2.46. The van der Waals surface area contributed by atoms with E-state index in [1.807, 2.05) is 24.3 Å². The van der Waals surface area contributed by atoms with Gasteiger partial charge in [-0.1, -0.05) is 0 Å². The fourth-order valence-corrected chi connectivity index (χ4v) is 5.06. The number of halogens is 2. The first-order valence-electron chi connectivity index (χ1n) is 7.51. The SMILES string of the molecule is COc1ccccc1NCc1ccc(S(=O)(=O)N(C)C)cc1[CH]=[Ru]([Cl])[Cl]. The second kappa shape index (κ2) is 9.29. The summed E-state index contributed by atoms with van der Waals surface area (Å²) in [5, 5.41) is 3.30. The molecule has 0 saturated heterocycles. The third kappa shape index (κ3) is 5.27. The standard InChI is InChI=1S/C17H20N2O3S.2ClH.Ru/c1-13-11-15(23(20,21)19(2)3)10-9-14(13)12-18-16-7-5-6-8-17(16)22-4;;;/h1,5-11,18H,12H2,2-4H3;2*1H;/q;;;+2/p-2. The molecule has 144 valence electrons. The fraction of sp³-hybridized carbons (Fsp3) is 0.235. The number of sulfonamides is 1. The monoisotopic (exact) mass is 504 g/mol. The Balaban J connectivity index is 2.38. The molecule has 0 saturated carbocycles. The molecule has 2 aromatic carbocycles. The third-order valence-corrected chi connectivity index (χ3v) is 7.30. The maximum atomic E-state index is 12.4. The van der Waals surface area contributed by atoms with E-state index in [9.17, 15) is 8.42 Å². The summed E-state index contributed by atoms with van der Waals surface area (Å²) in [5.74, 6) is 0.729. The van der Waals surface area contributed by atoms with Crippen molar-refractivity contribution in [3.63, 3.8) is 0 Å². The number of para-hydroxylation sites is 2. The predicted octanol–water partition coefficient (Wildman–Crippen LogP) is 3.63. The maximum absolute atomic E-state index is 12.4. The summed E-state index contributed by atoms with van der Waals surface area (Å²) in [4.78, 5) is 0.207. The Morgan fingerprint density at radius 2 is 1.88 bits per heavy atom. The number of methoxy groups -OCH3 is 1. The van der Waals surface area contributed by atoms with E-state index in [-0.39, 0.29) is 4.90 Å². The number of nitrogens with zero attached hydrogens (tertiary/aromatic N) is 1. The molecule has 0 atom stereocenters. The average molecular weight is 504 g/mol. The number of hydrogen-bond acceptors (Lipinski definition) is 4. The van der Waals surface area contributed by atoms with Gasteiger partial charge >= 0.3 is 168 Å². The Bertz CT molecular complexity index is 914. The Hall–Kier alpha value is -0.977. The van der Waals surface area contributed by atoms with Crippen LogP contribution in [0, 0.1) is 0 Å². The van der Waals surface area contributed by atoms with E-state index in [2.05, 4.69) is 5.32 Å². The molecular weight excluding hydrogens is 484 g/mol. The van der Waals surface area contributed by atoms with Crippen molar-refractivity contribution in [1.29, 1.82) is 0 Å². The first kappa shape index (κ1) is 21.3. The van der Waals surface area contributed by atoms with Crippen molar-refractivity contribution in [2.75, 3.05) is 26.5 Å². The molecule has 5 nitrogen and oxygen atoms in total. The van der Waals surface area contributed by atoms with Crippen molar-refractivity contribution in [3.05, 3.63) is 53.6 Å². The van der Waals surface area contributed by atoms with Crippen LogP contribution in [0.3, 0.4) is 0 Å². The zero-order valence-corrected chi connectivity index (χ0v) is 18.6. The first-order valence-corrected chi connectivity index (χ1v) is 14.4. The number of hydrogen-bond donors (Lipinski definition) is 1. The summed E-state index contributed by atoms with van der Waals surface area (Å²) in [6, 6.07) is 12.5. The summed E-state index contributed by atoms with van der Waals surface area (Å²) >= 11 is -2.12. The van der Waals surface area contributed by atoms with Gasteiger partial charge in [-0.3, -0.25) is 0 Å². The van der Waals surface area contributed by atoms with Gasteiger partial charge in [-0.25, -0.2) is 0 Å². The molecule has 0 aliphatic heterocycles. The molecule has 2 aromatic rings. The Morgan fingerprint density at radius 3 is 2.50 bits per heavy atom. The van der Waals surface area contributed by atoms with Crippen LogP contribution in [0.5, 0.6) is 5.75 Å². The third-order valence-electron chi connectivity index (χ3n) is 3.66. The molecule has 0 aromatic heterocycles. The topological polar surface area (TPSA) is 58.6 Å². The Labute approximate surface area is 167 Å². The van der Waals surface area contributed by atoms with Crippen LogP contribution in [0.1, 0.15) is 11.1 Å². The quantitative estimate of drug-likeness (QED) is 0.586. The van der Waals surface area contributed by atoms with Gasteiger partial charge in [-0.15, -0.1) is 0 Å². The van der Waals surface area contributed by atoms with Crippen LogP contribution in [-0.2, 0) is 30.1 Å². The molecule has 9 heteroatoms. The van der Waals surface area contributed by atoms with E-state index >= 15 is 0 Å². The van der Waals surface area contributed by atoms with E-state index in [0.29, 0.717) is 6.54 Å². The molecule has 0 bridgehead atoms. The first-order chi connectivity index (χ1) is 12.3. The van der Waals surface area contributed by atoms with Gasteiger partial charge in [0.15, 0.2) is 0 Å². The van der Waals surface area contributed by atoms with Crippen LogP contribution in [0.25, 0.3) is 0 Å². The summed E-state index contributed by atoms with van der Waals surface area (Å²) in [6.07, 6.45) is 0. The molecule has 0 amide bonds. The summed E-state index contributed by atoms with van der Waals surface area (Å²) in [6.45, 7) is 0.476. The molecule has 0 radical (unpaired) electrons. The molecule has 0 heterocycles. The summed E-state index contributed by atoms with van der Waals surface area (Å²) in [7, 11) is 13.1. The van der Waals surface area contributed by atoms with Crippen LogP contribution in [0.4, 0.5) is 5.69 Å². The van der Waals surface area contributed by atoms with Gasteiger partial charge in [0, 0.05) is 0 Å². The van der Waals surface area contributed by atoms with Crippen molar-refractivity contribution in [1.82, 2.24) is 4.31 Å². The van der Waals surface area contributed by atoms with E-state index in [4.69, 9.17) is 24.1 Å². The van der Waals surface area contributed by atoms with Crippen molar-refractivity contribution >= 4 is 39.7 Å². The second-order valence-electron chi connectivity index (χ2n) is 5.51. The van der Waals surface area contributed by atoms with Gasteiger partial charge in [0.1, 0.15) is 0 Å². The van der Waals surface area contributed by atoms with Crippen LogP contribution in [0.2, 0.25) is 0 Å². The minimum atomic E-state index is -3.53. The van der Waals surface area contributed by atoms with Gasteiger partial charge < -0.3 is 0 Å². The number of ether oxygens (including phenoxy) is 1. The van der Waals surface area contributed by atoms with Crippen molar-refractivity contribution in [2.24, 2.45) is 0 Å². The van der Waals surface area contributed by atoms with Crippen LogP contribution >= 0.6 is 19.4 Å². The predicted molar refractivity (Wildman–Crippen MR) is 105 cm³/mol. The molecule has 26 heavy (non-hydrogen) atoms. The second-order valence-corrected chi connectivity index (χ2v) is 13.4. The number of benzene rings is 2. The van der Waals surface area contributed by atoms with Gasteiger partial charge in [0.05, 0.1) is 0 Å². The van der Waals surface area contributed by atoms with Gasteiger partial charge in [-0.05, 0) is 0 Å².